The molecule has 0 saturated heterocycles. The molecule has 12 aromatic rings. The Kier molecular flexibility index (Phi) is 6.08. The van der Waals surface area contributed by atoms with Crippen LogP contribution in [0.4, 0.5) is 0 Å². The van der Waals surface area contributed by atoms with Gasteiger partial charge in [0, 0.05) is 22.3 Å². The first-order chi connectivity index (χ1) is 28.0. The maximum Gasteiger partial charge on any atom is 0.372 e. The number of fused-ring (bicyclic) bond motifs is 7. The summed E-state index contributed by atoms with van der Waals surface area (Å²) in [5, 5.41) is 17.3. The van der Waals surface area contributed by atoms with E-state index in [4.69, 9.17) is 9.05 Å². The molecular weight excluding hydrogens is 720 g/mol. The van der Waals surface area contributed by atoms with Crippen molar-refractivity contribution in [1.29, 1.82) is 0 Å². The van der Waals surface area contributed by atoms with Gasteiger partial charge in [-0.25, -0.2) is 4.57 Å². The third kappa shape index (κ3) is 4.29. The molecule has 1 aliphatic heterocycles. The van der Waals surface area contributed by atoms with Crippen molar-refractivity contribution in [2.75, 3.05) is 0 Å². The van der Waals surface area contributed by atoms with Crippen molar-refractivity contribution >= 4 is 94.0 Å². The summed E-state index contributed by atoms with van der Waals surface area (Å²) < 4.78 is 27.1. The van der Waals surface area contributed by atoms with E-state index in [1.165, 1.54) is 10.8 Å². The van der Waals surface area contributed by atoms with Crippen LogP contribution in [0.15, 0.2) is 170 Å². The maximum absolute atomic E-state index is 14.5. The maximum atomic E-state index is 14.5. The fourth-order valence-corrected chi connectivity index (χ4v) is 10.8. The molecule has 1 heterocycles. The predicted molar refractivity (Wildman–Crippen MR) is 234 cm³/mol. The van der Waals surface area contributed by atoms with Crippen LogP contribution in [0.5, 0.6) is 11.5 Å². The fourth-order valence-electron chi connectivity index (χ4n) is 9.93. The molecular formula is C52H28O4P-. The molecule has 266 valence electrons. The van der Waals surface area contributed by atoms with E-state index in [1.807, 2.05) is 36.4 Å². The molecule has 0 bridgehead atoms. The topological polar surface area (TPSA) is 58.6 Å². The van der Waals surface area contributed by atoms with E-state index >= 15 is 0 Å². The Morgan fingerprint density at radius 3 is 1.12 bits per heavy atom. The molecule has 0 saturated carbocycles. The molecule has 0 spiro atoms. The molecule has 0 aromatic heterocycles. The summed E-state index contributed by atoms with van der Waals surface area (Å²) >= 11 is 0. The molecule has 5 heteroatoms. The minimum atomic E-state index is -5.03. The van der Waals surface area contributed by atoms with Crippen molar-refractivity contribution in [3.05, 3.63) is 170 Å². The van der Waals surface area contributed by atoms with E-state index in [-0.39, 0.29) is 11.5 Å². The smallest absolute Gasteiger partial charge is 0.372 e. The van der Waals surface area contributed by atoms with Gasteiger partial charge in [-0.05, 0) is 109 Å². The number of hydrogen-bond donors (Lipinski definition) is 0. The van der Waals surface area contributed by atoms with Gasteiger partial charge in [-0.1, -0.05) is 158 Å². The highest BCUT2D eigenvalue weighted by Gasteiger charge is 2.33. The average molecular weight is 748 g/mol. The van der Waals surface area contributed by atoms with Crippen molar-refractivity contribution in [3.63, 3.8) is 0 Å². The Morgan fingerprint density at radius 1 is 0.333 bits per heavy atom. The molecule has 12 aromatic carbocycles. The summed E-state index contributed by atoms with van der Waals surface area (Å²) in [6.07, 6.45) is 0. The highest BCUT2D eigenvalue weighted by Crippen LogP contribution is 2.61. The second-order valence-electron chi connectivity index (χ2n) is 15.3. The van der Waals surface area contributed by atoms with Crippen LogP contribution >= 0.6 is 7.82 Å². The summed E-state index contributed by atoms with van der Waals surface area (Å²) in [6, 6.07) is 58.9. The van der Waals surface area contributed by atoms with Crippen LogP contribution < -0.4 is 13.9 Å². The first-order valence-corrected chi connectivity index (χ1v) is 20.6. The normalized spacial score (nSPS) is 13.8. The van der Waals surface area contributed by atoms with Gasteiger partial charge in [0.1, 0.15) is 11.5 Å². The Morgan fingerprint density at radius 2 is 0.684 bits per heavy atom. The number of phosphoric ester groups is 1. The molecule has 0 aliphatic carbocycles. The summed E-state index contributed by atoms with van der Waals surface area (Å²) in [5.74, 6) is 0.525. The quantitative estimate of drug-likeness (QED) is 0.130. The summed E-state index contributed by atoms with van der Waals surface area (Å²) in [6.45, 7) is 0. The molecule has 57 heavy (non-hydrogen) atoms. The molecule has 0 unspecified atom stereocenters. The van der Waals surface area contributed by atoms with E-state index in [0.29, 0.717) is 22.3 Å². The zero-order chi connectivity index (χ0) is 37.6. The second-order valence-corrected chi connectivity index (χ2v) is 16.5. The van der Waals surface area contributed by atoms with Crippen LogP contribution in [0.25, 0.3) is 120 Å². The molecule has 0 atom stereocenters. The van der Waals surface area contributed by atoms with Gasteiger partial charge in [-0.15, -0.1) is 0 Å². The Bertz CT molecular complexity index is 3480. The van der Waals surface area contributed by atoms with Gasteiger partial charge in [0.2, 0.25) is 0 Å². The van der Waals surface area contributed by atoms with Gasteiger partial charge >= 0.3 is 7.82 Å². The largest absolute Gasteiger partial charge is 0.736 e. The van der Waals surface area contributed by atoms with E-state index in [2.05, 4.69) is 133 Å². The Labute approximate surface area is 326 Å². The van der Waals surface area contributed by atoms with Crippen LogP contribution in [0, 0.1) is 0 Å². The molecule has 0 fully saturated rings. The minimum Gasteiger partial charge on any atom is -0.736 e. The van der Waals surface area contributed by atoms with Crippen molar-refractivity contribution in [1.82, 2.24) is 0 Å². The van der Waals surface area contributed by atoms with Crippen molar-refractivity contribution in [2.45, 2.75) is 0 Å². The van der Waals surface area contributed by atoms with Gasteiger partial charge in [0.05, 0.1) is 0 Å². The summed E-state index contributed by atoms with van der Waals surface area (Å²) in [7, 11) is -5.03. The SMILES string of the molecule is O=P1([O-])Oc2c(-c3ccc4ccc5cccc6ccc3c4c56)cc3ccccc3c2-c2c(c(-c3ccc4ccc5cccc6ccc3c4c56)cc3ccccc23)O1. The van der Waals surface area contributed by atoms with Crippen molar-refractivity contribution in [2.24, 2.45) is 0 Å². The first kappa shape index (κ1) is 31.3. The summed E-state index contributed by atoms with van der Waals surface area (Å²) in [5.41, 5.74) is 4.52. The fraction of sp³-hybridized carbons (Fsp3) is 0. The van der Waals surface area contributed by atoms with Crippen LogP contribution in [0.2, 0.25) is 0 Å². The zero-order valence-corrected chi connectivity index (χ0v) is 31.1. The van der Waals surface area contributed by atoms with Gasteiger partial charge < -0.3 is 13.9 Å². The van der Waals surface area contributed by atoms with Gasteiger partial charge in [0.25, 0.3) is 0 Å². The number of benzene rings is 12. The molecule has 0 N–H and O–H groups in total. The average Bonchev–Trinajstić information content (AvgIpc) is 3.37. The number of phosphoric acid groups is 1. The Balaban J connectivity index is 1.19. The lowest BCUT2D eigenvalue weighted by molar-refractivity contribution is -0.208. The molecule has 1 aliphatic rings. The highest BCUT2D eigenvalue weighted by atomic mass is 31.2. The molecule has 0 amide bonds. The molecule has 13 rings (SSSR count). The van der Waals surface area contributed by atoms with E-state index in [9.17, 15) is 9.46 Å². The highest BCUT2D eigenvalue weighted by molar-refractivity contribution is 7.46. The minimum absolute atomic E-state index is 0.263. The van der Waals surface area contributed by atoms with Gasteiger partial charge in [0.15, 0.2) is 0 Å². The van der Waals surface area contributed by atoms with Crippen LogP contribution in [0.1, 0.15) is 0 Å². The van der Waals surface area contributed by atoms with E-state index < -0.39 is 7.82 Å². The second kappa shape index (κ2) is 11.1. The zero-order valence-electron chi connectivity index (χ0n) is 30.2. The predicted octanol–water partition coefficient (Wildman–Crippen LogP) is 14.0. The van der Waals surface area contributed by atoms with Crippen LogP contribution in [0.3, 0.4) is 0 Å². The standard InChI is InChI=1S/C52H29O4P/c53-57(54)55-51-43(39-23-19-33-17-15-29-9-5-11-31-21-25-41(39)47(33)45(29)31)27-35-7-1-3-13-37(35)49(51)50-38-14-4-2-8-36(38)28-44(52(50)56-57)40-24-20-34-18-16-30-10-6-12-32-22-26-42(40)48(34)46(30)32/h1-28H,(H,53,54)/p-1. The number of rotatable bonds is 2. The third-order valence-electron chi connectivity index (χ3n) is 12.3. The van der Waals surface area contributed by atoms with Gasteiger partial charge in [-0.3, -0.25) is 0 Å². The van der Waals surface area contributed by atoms with Crippen LogP contribution in [-0.2, 0) is 4.57 Å². The van der Waals surface area contributed by atoms with Gasteiger partial charge in [-0.2, -0.15) is 0 Å². The Hall–Kier alpha value is -6.97. The molecule has 0 radical (unpaired) electrons. The number of hydrogen-bond acceptors (Lipinski definition) is 4. The molecule has 4 nitrogen and oxygen atoms in total. The van der Waals surface area contributed by atoms with E-state index in [0.717, 1.165) is 86.5 Å². The lowest BCUT2D eigenvalue weighted by atomic mass is 9.84. The first-order valence-electron chi connectivity index (χ1n) is 19.2. The van der Waals surface area contributed by atoms with Crippen molar-refractivity contribution in [3.8, 4) is 44.9 Å². The van der Waals surface area contributed by atoms with E-state index in [1.54, 1.807) is 0 Å². The lowest BCUT2D eigenvalue weighted by Crippen LogP contribution is -2.12. The van der Waals surface area contributed by atoms with Crippen molar-refractivity contribution < 1.29 is 18.5 Å². The lowest BCUT2D eigenvalue weighted by Gasteiger charge is -2.25. The third-order valence-corrected chi connectivity index (χ3v) is 13.1. The summed E-state index contributed by atoms with van der Waals surface area (Å²) in [4.78, 5) is 14.5. The monoisotopic (exact) mass is 747 g/mol. The van der Waals surface area contributed by atoms with Crippen LogP contribution in [-0.4, -0.2) is 0 Å².